The van der Waals surface area contributed by atoms with E-state index in [1.807, 2.05) is 23.9 Å². The summed E-state index contributed by atoms with van der Waals surface area (Å²) in [4.78, 5) is 2.37. The van der Waals surface area contributed by atoms with Crippen molar-refractivity contribution in [3.8, 4) is 5.75 Å². The van der Waals surface area contributed by atoms with E-state index in [9.17, 15) is 0 Å². The van der Waals surface area contributed by atoms with Crippen LogP contribution >= 0.6 is 0 Å². The van der Waals surface area contributed by atoms with Crippen molar-refractivity contribution >= 4 is 5.69 Å². The van der Waals surface area contributed by atoms with Crippen molar-refractivity contribution in [3.63, 3.8) is 0 Å². The molecule has 0 radical (unpaired) electrons. The highest BCUT2D eigenvalue weighted by atomic mass is 16.5. The van der Waals surface area contributed by atoms with E-state index in [2.05, 4.69) is 35.3 Å². The Bertz CT molecular complexity index is 577. The number of anilines is 1. The number of nitrogens with zero attached hydrogens (tertiary/aromatic N) is 3. The van der Waals surface area contributed by atoms with Crippen LogP contribution < -0.4 is 9.64 Å². The number of fused-ring (bicyclic) bond motifs is 1. The van der Waals surface area contributed by atoms with Crippen LogP contribution in [-0.4, -0.2) is 22.9 Å². The molecule has 2 heterocycles. The normalized spacial score (nSPS) is 14.1. The number of rotatable bonds is 3. The molecule has 1 aliphatic heterocycles. The number of hydrogen-bond donors (Lipinski definition) is 0. The Labute approximate surface area is 113 Å². The van der Waals surface area contributed by atoms with Gasteiger partial charge in [0.15, 0.2) is 0 Å². The van der Waals surface area contributed by atoms with E-state index in [0.717, 1.165) is 31.9 Å². The van der Waals surface area contributed by atoms with Crippen LogP contribution in [0.5, 0.6) is 5.75 Å². The molecule has 0 bridgehead atoms. The molecule has 100 valence electrons. The second kappa shape index (κ2) is 4.96. The molecule has 0 unspecified atom stereocenters. The second-order valence-electron chi connectivity index (χ2n) is 4.87. The Balaban J connectivity index is 1.88. The van der Waals surface area contributed by atoms with E-state index >= 15 is 0 Å². The summed E-state index contributed by atoms with van der Waals surface area (Å²) in [5.41, 5.74) is 3.67. The minimum absolute atomic E-state index is 0.749. The molecule has 0 fully saturated rings. The van der Waals surface area contributed by atoms with Gasteiger partial charge in [-0.2, -0.15) is 5.10 Å². The van der Waals surface area contributed by atoms with Gasteiger partial charge < -0.3 is 9.64 Å². The number of aromatic nitrogens is 2. The standard InChI is InChI=1S/C15H19N3O/c1-3-13-12(10-17(2)16-13)11-18-8-9-19-15-7-5-4-6-14(15)18/h4-7,10H,3,8-9,11H2,1-2H3. The van der Waals surface area contributed by atoms with Gasteiger partial charge >= 0.3 is 0 Å². The summed E-state index contributed by atoms with van der Waals surface area (Å²) in [6.45, 7) is 4.73. The SMILES string of the molecule is CCc1nn(C)cc1CN1CCOc2ccccc21. The van der Waals surface area contributed by atoms with Crippen LogP contribution in [0.25, 0.3) is 0 Å². The van der Waals surface area contributed by atoms with Gasteiger partial charge in [-0.1, -0.05) is 19.1 Å². The quantitative estimate of drug-likeness (QED) is 0.845. The van der Waals surface area contributed by atoms with Gasteiger partial charge in [0.25, 0.3) is 0 Å². The molecule has 0 amide bonds. The Morgan fingerprint density at radius 3 is 3.00 bits per heavy atom. The molecule has 4 nitrogen and oxygen atoms in total. The first kappa shape index (κ1) is 12.1. The molecule has 4 heteroatoms. The minimum Gasteiger partial charge on any atom is -0.490 e. The maximum Gasteiger partial charge on any atom is 0.142 e. The zero-order chi connectivity index (χ0) is 13.2. The van der Waals surface area contributed by atoms with Gasteiger partial charge in [-0.3, -0.25) is 4.68 Å². The van der Waals surface area contributed by atoms with Gasteiger partial charge in [0.05, 0.1) is 17.9 Å². The van der Waals surface area contributed by atoms with Crippen molar-refractivity contribution in [1.29, 1.82) is 0 Å². The Morgan fingerprint density at radius 1 is 1.32 bits per heavy atom. The number of para-hydroxylation sites is 2. The van der Waals surface area contributed by atoms with E-state index in [1.165, 1.54) is 16.9 Å². The smallest absolute Gasteiger partial charge is 0.142 e. The van der Waals surface area contributed by atoms with E-state index in [0.29, 0.717) is 0 Å². The van der Waals surface area contributed by atoms with Crippen LogP contribution in [0.1, 0.15) is 18.2 Å². The lowest BCUT2D eigenvalue weighted by molar-refractivity contribution is 0.307. The fraction of sp³-hybridized carbons (Fsp3) is 0.400. The number of aryl methyl sites for hydroxylation is 2. The molecule has 0 saturated carbocycles. The van der Waals surface area contributed by atoms with E-state index in [-0.39, 0.29) is 0 Å². The van der Waals surface area contributed by atoms with Crippen molar-refractivity contribution in [2.75, 3.05) is 18.1 Å². The zero-order valence-electron chi connectivity index (χ0n) is 11.5. The summed E-state index contributed by atoms with van der Waals surface area (Å²) in [5, 5.41) is 4.51. The van der Waals surface area contributed by atoms with Gasteiger partial charge in [-0.15, -0.1) is 0 Å². The highest BCUT2D eigenvalue weighted by Crippen LogP contribution is 2.32. The maximum absolute atomic E-state index is 5.69. The van der Waals surface area contributed by atoms with Gasteiger partial charge in [-0.25, -0.2) is 0 Å². The molecule has 1 aromatic carbocycles. The van der Waals surface area contributed by atoms with Crippen molar-refractivity contribution in [2.45, 2.75) is 19.9 Å². The summed E-state index contributed by atoms with van der Waals surface area (Å²) >= 11 is 0. The molecule has 19 heavy (non-hydrogen) atoms. The van der Waals surface area contributed by atoms with Crippen LogP contribution in [-0.2, 0) is 20.0 Å². The van der Waals surface area contributed by atoms with Crippen molar-refractivity contribution in [3.05, 3.63) is 41.7 Å². The summed E-state index contributed by atoms with van der Waals surface area (Å²) < 4.78 is 7.59. The molecular weight excluding hydrogens is 238 g/mol. The third-order valence-electron chi connectivity index (χ3n) is 3.51. The second-order valence-corrected chi connectivity index (χ2v) is 4.87. The minimum atomic E-state index is 0.749. The van der Waals surface area contributed by atoms with Gasteiger partial charge in [-0.05, 0) is 18.6 Å². The summed E-state index contributed by atoms with van der Waals surface area (Å²) in [7, 11) is 1.98. The lowest BCUT2D eigenvalue weighted by Gasteiger charge is -2.31. The van der Waals surface area contributed by atoms with Gasteiger partial charge in [0.2, 0.25) is 0 Å². The lowest BCUT2D eigenvalue weighted by Crippen LogP contribution is -2.32. The third kappa shape index (κ3) is 2.30. The molecular formula is C15H19N3O. The van der Waals surface area contributed by atoms with Crippen LogP contribution in [0, 0.1) is 0 Å². The van der Waals surface area contributed by atoms with Crippen LogP contribution in [0.2, 0.25) is 0 Å². The Hall–Kier alpha value is -1.97. The third-order valence-corrected chi connectivity index (χ3v) is 3.51. The first-order valence-corrected chi connectivity index (χ1v) is 6.76. The molecule has 1 aliphatic rings. The number of benzene rings is 1. The highest BCUT2D eigenvalue weighted by molar-refractivity contribution is 5.60. The lowest BCUT2D eigenvalue weighted by atomic mass is 10.1. The molecule has 3 rings (SSSR count). The fourth-order valence-corrected chi connectivity index (χ4v) is 2.61. The van der Waals surface area contributed by atoms with E-state index in [4.69, 9.17) is 4.74 Å². The largest absolute Gasteiger partial charge is 0.490 e. The highest BCUT2D eigenvalue weighted by Gasteiger charge is 2.19. The molecule has 0 N–H and O–H groups in total. The van der Waals surface area contributed by atoms with Gasteiger partial charge in [0, 0.05) is 25.4 Å². The predicted molar refractivity (Wildman–Crippen MR) is 75.6 cm³/mol. The topological polar surface area (TPSA) is 30.3 Å². The van der Waals surface area contributed by atoms with Gasteiger partial charge in [0.1, 0.15) is 12.4 Å². The number of hydrogen-bond acceptors (Lipinski definition) is 3. The average molecular weight is 257 g/mol. The molecule has 0 spiro atoms. The molecule has 0 atom stereocenters. The Kier molecular flexibility index (Phi) is 3.15. The Morgan fingerprint density at radius 2 is 2.16 bits per heavy atom. The molecule has 1 aromatic heterocycles. The average Bonchev–Trinajstić information content (AvgIpc) is 2.79. The van der Waals surface area contributed by atoms with Crippen molar-refractivity contribution < 1.29 is 4.74 Å². The summed E-state index contributed by atoms with van der Waals surface area (Å²) in [6.07, 6.45) is 3.10. The first-order valence-electron chi connectivity index (χ1n) is 6.76. The van der Waals surface area contributed by atoms with Crippen LogP contribution in [0.3, 0.4) is 0 Å². The predicted octanol–water partition coefficient (Wildman–Crippen LogP) is 2.38. The zero-order valence-corrected chi connectivity index (χ0v) is 11.5. The molecule has 0 aliphatic carbocycles. The molecule has 0 saturated heterocycles. The van der Waals surface area contributed by atoms with E-state index in [1.54, 1.807) is 0 Å². The van der Waals surface area contributed by atoms with Crippen LogP contribution in [0.15, 0.2) is 30.5 Å². The van der Waals surface area contributed by atoms with Crippen molar-refractivity contribution in [1.82, 2.24) is 9.78 Å². The first-order chi connectivity index (χ1) is 9.28. The maximum atomic E-state index is 5.69. The van der Waals surface area contributed by atoms with Crippen LogP contribution in [0.4, 0.5) is 5.69 Å². The summed E-state index contributed by atoms with van der Waals surface area (Å²) in [5.74, 6) is 0.982. The molecule has 2 aromatic rings. The summed E-state index contributed by atoms with van der Waals surface area (Å²) in [6, 6.07) is 8.23. The monoisotopic (exact) mass is 257 g/mol. The van der Waals surface area contributed by atoms with Crippen molar-refractivity contribution in [2.24, 2.45) is 7.05 Å². The van der Waals surface area contributed by atoms with E-state index < -0.39 is 0 Å². The number of ether oxygens (including phenoxy) is 1. The fourth-order valence-electron chi connectivity index (χ4n) is 2.61.